The Morgan fingerprint density at radius 1 is 1.03 bits per heavy atom. The van der Waals surface area contributed by atoms with Gasteiger partial charge in [0.25, 0.3) is 0 Å². The highest BCUT2D eigenvalue weighted by atomic mass is 31.2. The van der Waals surface area contributed by atoms with Crippen LogP contribution in [0.5, 0.6) is 0 Å². The third-order valence-corrected chi connectivity index (χ3v) is 6.49. The maximum atomic E-state index is 12.6. The summed E-state index contributed by atoms with van der Waals surface area (Å²) in [6.45, 7) is 8.25. The molecule has 0 heterocycles. The number of phosphoric acid groups is 1. The lowest BCUT2D eigenvalue weighted by molar-refractivity contribution is 0.0882. The van der Waals surface area contributed by atoms with Crippen LogP contribution in [-0.4, -0.2) is 36.8 Å². The zero-order valence-corrected chi connectivity index (χ0v) is 18.9. The van der Waals surface area contributed by atoms with Gasteiger partial charge in [0.2, 0.25) is 0 Å². The predicted octanol–water partition coefficient (Wildman–Crippen LogP) is 6.13. The van der Waals surface area contributed by atoms with Crippen molar-refractivity contribution in [1.29, 1.82) is 0 Å². The highest BCUT2D eigenvalue weighted by Gasteiger charge is 2.31. The molecule has 6 heteroatoms. The van der Waals surface area contributed by atoms with Crippen LogP contribution in [0, 0.1) is 0 Å². The summed E-state index contributed by atoms with van der Waals surface area (Å²) in [4.78, 5) is 2.51. The molecule has 29 heavy (non-hydrogen) atoms. The van der Waals surface area contributed by atoms with Crippen LogP contribution in [0.15, 0.2) is 54.6 Å². The second-order valence-corrected chi connectivity index (χ2v) is 8.70. The number of rotatable bonds is 13. The lowest BCUT2D eigenvalue weighted by Gasteiger charge is -2.33. The van der Waals surface area contributed by atoms with Crippen LogP contribution < -0.4 is 0 Å². The summed E-state index contributed by atoms with van der Waals surface area (Å²) in [7, 11) is -3.49. The van der Waals surface area contributed by atoms with Gasteiger partial charge < -0.3 is 0 Å². The Balaban J connectivity index is 2.01. The lowest BCUT2D eigenvalue weighted by atomic mass is 9.98. The Morgan fingerprint density at radius 2 is 1.76 bits per heavy atom. The summed E-state index contributed by atoms with van der Waals surface area (Å²) in [6.07, 6.45) is 12.3. The minimum Gasteiger partial charge on any atom is -0.292 e. The van der Waals surface area contributed by atoms with E-state index in [0.717, 1.165) is 38.8 Å². The molecule has 0 N–H and O–H groups in total. The van der Waals surface area contributed by atoms with Crippen molar-refractivity contribution in [3.05, 3.63) is 60.2 Å². The van der Waals surface area contributed by atoms with Crippen LogP contribution >= 0.6 is 7.82 Å². The Bertz CT molecular complexity index is 667. The summed E-state index contributed by atoms with van der Waals surface area (Å²) in [6, 6.07) is 10.9. The minimum atomic E-state index is -3.49. The Hall–Kier alpha value is -1.23. The van der Waals surface area contributed by atoms with E-state index in [9.17, 15) is 4.57 Å². The van der Waals surface area contributed by atoms with Crippen LogP contribution in [-0.2, 0) is 24.7 Å². The topological polar surface area (TPSA) is 48.0 Å². The maximum Gasteiger partial charge on any atom is 0.475 e. The van der Waals surface area contributed by atoms with Gasteiger partial charge in [0, 0.05) is 19.1 Å². The van der Waals surface area contributed by atoms with E-state index in [1.807, 2.05) is 6.08 Å². The normalized spacial score (nSPS) is 20.0. The fraction of sp³-hybridized carbons (Fsp3) is 0.565. The molecular weight excluding hydrogens is 385 g/mol. The molecule has 1 aromatic rings. The van der Waals surface area contributed by atoms with Gasteiger partial charge in [0.15, 0.2) is 0 Å². The van der Waals surface area contributed by atoms with Crippen molar-refractivity contribution >= 4 is 7.82 Å². The van der Waals surface area contributed by atoms with Crippen molar-refractivity contribution in [3.8, 4) is 0 Å². The SMILES string of the molecule is CC/C=C/CCN(Cc1ccccc1)[C@@H]1C=C[C@@H](OP(=O)(OCC)OCC)CC1. The average molecular weight is 422 g/mol. The molecule has 1 aromatic carbocycles. The molecule has 0 unspecified atom stereocenters. The number of benzene rings is 1. The first-order chi connectivity index (χ1) is 14.1. The minimum absolute atomic E-state index is 0.242. The third kappa shape index (κ3) is 8.57. The van der Waals surface area contributed by atoms with Crippen LogP contribution in [0.1, 0.15) is 52.0 Å². The fourth-order valence-corrected chi connectivity index (χ4v) is 4.79. The predicted molar refractivity (Wildman–Crippen MR) is 119 cm³/mol. The first-order valence-corrected chi connectivity index (χ1v) is 12.2. The number of hydrogen-bond donors (Lipinski definition) is 0. The van der Waals surface area contributed by atoms with E-state index in [-0.39, 0.29) is 6.10 Å². The lowest BCUT2D eigenvalue weighted by Crippen LogP contribution is -2.37. The van der Waals surface area contributed by atoms with E-state index >= 15 is 0 Å². The Labute approximate surface area is 176 Å². The molecule has 0 spiro atoms. The highest BCUT2D eigenvalue weighted by molar-refractivity contribution is 7.48. The van der Waals surface area contributed by atoms with Crippen LogP contribution in [0.3, 0.4) is 0 Å². The third-order valence-electron chi connectivity index (χ3n) is 4.82. The second-order valence-electron chi connectivity index (χ2n) is 7.08. The van der Waals surface area contributed by atoms with Gasteiger partial charge in [-0.15, -0.1) is 0 Å². The highest BCUT2D eigenvalue weighted by Crippen LogP contribution is 2.51. The molecular formula is C23H36NO4P. The van der Waals surface area contributed by atoms with E-state index in [1.54, 1.807) is 13.8 Å². The molecule has 2 rings (SSSR count). The van der Waals surface area contributed by atoms with E-state index in [4.69, 9.17) is 13.6 Å². The molecule has 1 aliphatic carbocycles. The molecule has 0 saturated carbocycles. The molecule has 0 aliphatic heterocycles. The van der Waals surface area contributed by atoms with Gasteiger partial charge in [0.1, 0.15) is 0 Å². The van der Waals surface area contributed by atoms with Gasteiger partial charge in [-0.3, -0.25) is 18.5 Å². The summed E-state index contributed by atoms with van der Waals surface area (Å²) in [5.41, 5.74) is 1.32. The molecule has 162 valence electrons. The quantitative estimate of drug-likeness (QED) is 0.283. The molecule has 0 amide bonds. The molecule has 1 aliphatic rings. The first kappa shape index (κ1) is 24.0. The number of hydrogen-bond acceptors (Lipinski definition) is 5. The van der Waals surface area contributed by atoms with Crippen molar-refractivity contribution in [1.82, 2.24) is 4.90 Å². The average Bonchev–Trinajstić information content (AvgIpc) is 2.72. The zero-order valence-electron chi connectivity index (χ0n) is 18.0. The van der Waals surface area contributed by atoms with Gasteiger partial charge in [-0.1, -0.05) is 61.6 Å². The van der Waals surface area contributed by atoms with E-state index in [1.165, 1.54) is 5.56 Å². The van der Waals surface area contributed by atoms with Crippen LogP contribution in [0.25, 0.3) is 0 Å². The number of allylic oxidation sites excluding steroid dienone is 1. The zero-order chi connectivity index (χ0) is 21.0. The summed E-state index contributed by atoms with van der Waals surface area (Å²) in [5, 5.41) is 0. The van der Waals surface area contributed by atoms with Gasteiger partial charge in [-0.2, -0.15) is 0 Å². The molecule has 5 nitrogen and oxygen atoms in total. The Kier molecular flexibility index (Phi) is 10.9. The van der Waals surface area contributed by atoms with Crippen molar-refractivity contribution in [2.24, 2.45) is 0 Å². The monoisotopic (exact) mass is 421 g/mol. The number of nitrogens with zero attached hydrogens (tertiary/aromatic N) is 1. The molecule has 0 bridgehead atoms. The Morgan fingerprint density at radius 3 is 2.34 bits per heavy atom. The molecule has 0 aromatic heterocycles. The summed E-state index contributed by atoms with van der Waals surface area (Å²) in [5.74, 6) is 0. The molecule has 0 radical (unpaired) electrons. The molecule has 0 fully saturated rings. The standard InChI is InChI=1S/C23H36NO4P/c1-4-7-8-12-19-24(20-21-13-10-9-11-14-21)22-15-17-23(18-16-22)28-29(25,26-5-2)27-6-3/h7-11,13-15,17,22-23H,4-6,12,16,18-20H2,1-3H3/b8-7+/t22-,23-/m1/s1. The van der Waals surface area contributed by atoms with Crippen molar-refractivity contribution in [2.75, 3.05) is 19.8 Å². The van der Waals surface area contributed by atoms with Crippen molar-refractivity contribution < 1.29 is 18.1 Å². The van der Waals surface area contributed by atoms with Gasteiger partial charge in [-0.25, -0.2) is 4.57 Å². The van der Waals surface area contributed by atoms with Crippen LogP contribution in [0.4, 0.5) is 0 Å². The van der Waals surface area contributed by atoms with Crippen molar-refractivity contribution in [2.45, 2.75) is 65.1 Å². The molecule has 2 atom stereocenters. The van der Waals surface area contributed by atoms with E-state index < -0.39 is 7.82 Å². The summed E-state index contributed by atoms with van der Waals surface area (Å²) < 4.78 is 28.9. The maximum absolute atomic E-state index is 12.6. The smallest absolute Gasteiger partial charge is 0.292 e. The largest absolute Gasteiger partial charge is 0.475 e. The van der Waals surface area contributed by atoms with Gasteiger partial charge in [-0.05, 0) is 45.1 Å². The fourth-order valence-electron chi connectivity index (χ4n) is 3.46. The van der Waals surface area contributed by atoms with E-state index in [2.05, 4.69) is 60.4 Å². The second kappa shape index (κ2) is 13.1. The van der Waals surface area contributed by atoms with Crippen molar-refractivity contribution in [3.63, 3.8) is 0 Å². The van der Waals surface area contributed by atoms with Gasteiger partial charge in [0.05, 0.1) is 19.3 Å². The van der Waals surface area contributed by atoms with E-state index in [0.29, 0.717) is 19.3 Å². The molecule has 0 saturated heterocycles. The van der Waals surface area contributed by atoms with Crippen LogP contribution in [0.2, 0.25) is 0 Å². The van der Waals surface area contributed by atoms with Gasteiger partial charge >= 0.3 is 7.82 Å². The first-order valence-electron chi connectivity index (χ1n) is 10.8. The summed E-state index contributed by atoms with van der Waals surface area (Å²) >= 11 is 0. The number of phosphoric ester groups is 1.